The second-order valence-electron chi connectivity index (χ2n) is 4.22. The summed E-state index contributed by atoms with van der Waals surface area (Å²) in [4.78, 5) is 9.03. The fourth-order valence-corrected chi connectivity index (χ4v) is 2.29. The Morgan fingerprint density at radius 2 is 2.00 bits per heavy atom. The third-order valence-corrected chi connectivity index (χ3v) is 3.43. The van der Waals surface area contributed by atoms with Crippen molar-refractivity contribution in [2.45, 2.75) is 19.8 Å². The van der Waals surface area contributed by atoms with Gasteiger partial charge in [0.1, 0.15) is 5.82 Å². The highest BCUT2D eigenvalue weighted by atomic mass is 79.9. The minimum absolute atomic E-state index is 0.616. The molecule has 0 radical (unpaired) electrons. The Balaban J connectivity index is 2.26. The van der Waals surface area contributed by atoms with E-state index < -0.39 is 0 Å². The second kappa shape index (κ2) is 6.07. The van der Waals surface area contributed by atoms with Crippen LogP contribution in [0.3, 0.4) is 0 Å². The molecule has 0 fully saturated rings. The van der Waals surface area contributed by atoms with Gasteiger partial charge >= 0.3 is 0 Å². The van der Waals surface area contributed by atoms with Gasteiger partial charge in [0.05, 0.1) is 0 Å². The minimum Gasteiger partial charge on any atom is -0.330 e. The molecule has 4 heteroatoms. The zero-order valence-corrected chi connectivity index (χ0v) is 11.9. The lowest BCUT2D eigenvalue weighted by Gasteiger charge is -2.06. The van der Waals surface area contributed by atoms with E-state index in [0.29, 0.717) is 6.54 Å². The summed E-state index contributed by atoms with van der Waals surface area (Å²) in [7, 11) is 0. The third-order valence-electron chi connectivity index (χ3n) is 2.66. The molecular weight excluding hydrogens is 290 g/mol. The Kier molecular flexibility index (Phi) is 4.44. The summed E-state index contributed by atoms with van der Waals surface area (Å²) in [6.07, 6.45) is 1.53. The zero-order chi connectivity index (χ0) is 13.0. The summed E-state index contributed by atoms with van der Waals surface area (Å²) in [5, 5.41) is 0. The van der Waals surface area contributed by atoms with Gasteiger partial charge in [-0.3, -0.25) is 0 Å². The summed E-state index contributed by atoms with van der Waals surface area (Å²) >= 11 is 3.55. The van der Waals surface area contributed by atoms with E-state index in [1.54, 1.807) is 0 Å². The Labute approximate surface area is 116 Å². The van der Waals surface area contributed by atoms with Crippen LogP contribution in [0.1, 0.15) is 22.8 Å². The van der Waals surface area contributed by atoms with Crippen LogP contribution in [0.4, 0.5) is 0 Å². The number of halogens is 1. The predicted molar refractivity (Wildman–Crippen MR) is 76.5 cm³/mol. The molecule has 3 nitrogen and oxygen atoms in total. The maximum Gasteiger partial charge on any atom is 0.133 e. The summed E-state index contributed by atoms with van der Waals surface area (Å²) in [6.45, 7) is 2.61. The monoisotopic (exact) mass is 305 g/mol. The van der Waals surface area contributed by atoms with E-state index in [0.717, 1.165) is 34.5 Å². The van der Waals surface area contributed by atoms with Crippen LogP contribution in [0.15, 0.2) is 34.8 Å². The number of hydrogen-bond acceptors (Lipinski definition) is 3. The molecule has 0 atom stereocenters. The van der Waals surface area contributed by atoms with Crippen molar-refractivity contribution >= 4 is 15.9 Å². The van der Waals surface area contributed by atoms with Crippen LogP contribution in [0.25, 0.3) is 0 Å². The molecule has 2 aromatic rings. The second-order valence-corrected chi connectivity index (χ2v) is 5.08. The van der Waals surface area contributed by atoms with Crippen molar-refractivity contribution in [1.29, 1.82) is 0 Å². The van der Waals surface area contributed by atoms with Crippen molar-refractivity contribution in [3.8, 4) is 0 Å². The van der Waals surface area contributed by atoms with Crippen LogP contribution in [0.5, 0.6) is 0 Å². The van der Waals surface area contributed by atoms with E-state index in [1.807, 2.05) is 31.2 Å². The SMILES string of the molecule is Cc1cc(CCN)nc(Cc2ccccc2Br)n1. The van der Waals surface area contributed by atoms with Gasteiger partial charge in [-0.1, -0.05) is 34.1 Å². The lowest BCUT2D eigenvalue weighted by molar-refractivity contribution is 0.852. The van der Waals surface area contributed by atoms with E-state index in [-0.39, 0.29) is 0 Å². The third kappa shape index (κ3) is 3.37. The summed E-state index contributed by atoms with van der Waals surface area (Å²) in [5.41, 5.74) is 8.78. The highest BCUT2D eigenvalue weighted by molar-refractivity contribution is 9.10. The molecule has 0 aliphatic carbocycles. The molecule has 0 saturated heterocycles. The quantitative estimate of drug-likeness (QED) is 0.945. The van der Waals surface area contributed by atoms with Gasteiger partial charge in [-0.25, -0.2) is 9.97 Å². The fourth-order valence-electron chi connectivity index (χ4n) is 1.87. The molecule has 18 heavy (non-hydrogen) atoms. The molecule has 1 heterocycles. The topological polar surface area (TPSA) is 51.8 Å². The number of aromatic nitrogens is 2. The maximum absolute atomic E-state index is 5.57. The molecule has 0 spiro atoms. The standard InChI is InChI=1S/C14H16BrN3/c1-10-8-12(6-7-16)18-14(17-10)9-11-4-2-3-5-13(11)15/h2-5,8H,6-7,9,16H2,1H3. The van der Waals surface area contributed by atoms with Crippen molar-refractivity contribution in [3.63, 3.8) is 0 Å². The Hall–Kier alpha value is -1.26. The van der Waals surface area contributed by atoms with Crippen LogP contribution in [0.2, 0.25) is 0 Å². The van der Waals surface area contributed by atoms with Crippen LogP contribution in [-0.2, 0) is 12.8 Å². The first-order valence-corrected chi connectivity index (χ1v) is 6.75. The number of hydrogen-bond donors (Lipinski definition) is 1. The number of rotatable bonds is 4. The summed E-state index contributed by atoms with van der Waals surface area (Å²) < 4.78 is 1.09. The van der Waals surface area contributed by atoms with E-state index in [1.165, 1.54) is 5.56 Å². The van der Waals surface area contributed by atoms with Crippen LogP contribution >= 0.6 is 15.9 Å². The molecule has 0 saturated carbocycles. The van der Waals surface area contributed by atoms with Crippen molar-refractivity contribution < 1.29 is 0 Å². The molecule has 2 rings (SSSR count). The average Bonchev–Trinajstić information content (AvgIpc) is 2.32. The van der Waals surface area contributed by atoms with Crippen molar-refractivity contribution in [2.75, 3.05) is 6.54 Å². The van der Waals surface area contributed by atoms with Crippen LogP contribution < -0.4 is 5.73 Å². The first kappa shape index (κ1) is 13.2. The van der Waals surface area contributed by atoms with Crippen LogP contribution in [0, 0.1) is 6.92 Å². The number of nitrogens with zero attached hydrogens (tertiary/aromatic N) is 2. The van der Waals surface area contributed by atoms with E-state index >= 15 is 0 Å². The van der Waals surface area contributed by atoms with Gasteiger partial charge in [0.25, 0.3) is 0 Å². The van der Waals surface area contributed by atoms with Crippen LogP contribution in [-0.4, -0.2) is 16.5 Å². The molecule has 1 aromatic carbocycles. The molecule has 0 amide bonds. The van der Waals surface area contributed by atoms with Gasteiger partial charge in [-0.2, -0.15) is 0 Å². The van der Waals surface area contributed by atoms with E-state index in [2.05, 4.69) is 32.0 Å². The largest absolute Gasteiger partial charge is 0.330 e. The molecule has 0 aliphatic rings. The molecular formula is C14H16BrN3. The molecule has 1 aromatic heterocycles. The number of benzene rings is 1. The molecule has 0 bridgehead atoms. The van der Waals surface area contributed by atoms with Gasteiger partial charge in [0, 0.05) is 28.7 Å². The van der Waals surface area contributed by atoms with Gasteiger partial charge < -0.3 is 5.73 Å². The molecule has 94 valence electrons. The van der Waals surface area contributed by atoms with E-state index in [9.17, 15) is 0 Å². The van der Waals surface area contributed by atoms with E-state index in [4.69, 9.17) is 5.73 Å². The maximum atomic E-state index is 5.57. The Morgan fingerprint density at radius 3 is 2.72 bits per heavy atom. The highest BCUT2D eigenvalue weighted by Gasteiger charge is 2.05. The zero-order valence-electron chi connectivity index (χ0n) is 10.4. The Bertz CT molecular complexity index is 540. The molecule has 2 N–H and O–H groups in total. The smallest absolute Gasteiger partial charge is 0.133 e. The highest BCUT2D eigenvalue weighted by Crippen LogP contribution is 2.18. The average molecular weight is 306 g/mol. The summed E-state index contributed by atoms with van der Waals surface area (Å²) in [6, 6.07) is 10.1. The van der Waals surface area contributed by atoms with Gasteiger partial charge in [0.15, 0.2) is 0 Å². The van der Waals surface area contributed by atoms with Gasteiger partial charge in [-0.15, -0.1) is 0 Å². The molecule has 0 aliphatic heterocycles. The lowest BCUT2D eigenvalue weighted by Crippen LogP contribution is -2.08. The Morgan fingerprint density at radius 1 is 1.22 bits per heavy atom. The number of aryl methyl sites for hydroxylation is 1. The first-order chi connectivity index (χ1) is 8.69. The fraction of sp³-hybridized carbons (Fsp3) is 0.286. The van der Waals surface area contributed by atoms with Gasteiger partial charge in [-0.05, 0) is 31.2 Å². The van der Waals surface area contributed by atoms with Gasteiger partial charge in [0.2, 0.25) is 0 Å². The normalized spacial score (nSPS) is 10.6. The predicted octanol–water partition coefficient (Wildman–Crippen LogP) is 2.64. The first-order valence-electron chi connectivity index (χ1n) is 5.96. The minimum atomic E-state index is 0.616. The van der Waals surface area contributed by atoms with Crippen molar-refractivity contribution in [1.82, 2.24) is 9.97 Å². The van der Waals surface area contributed by atoms with Crippen molar-refractivity contribution in [2.24, 2.45) is 5.73 Å². The van der Waals surface area contributed by atoms with Crippen molar-refractivity contribution in [3.05, 3.63) is 57.6 Å². The number of nitrogens with two attached hydrogens (primary N) is 1. The summed E-state index contributed by atoms with van der Waals surface area (Å²) in [5.74, 6) is 0.852. The lowest BCUT2D eigenvalue weighted by atomic mass is 10.1. The molecule has 0 unspecified atom stereocenters.